The van der Waals surface area contributed by atoms with Crippen molar-refractivity contribution in [3.05, 3.63) is 29.6 Å². The zero-order valence-electron chi connectivity index (χ0n) is 10.4. The molecule has 0 saturated heterocycles. The molecule has 1 unspecified atom stereocenters. The van der Waals surface area contributed by atoms with Crippen LogP contribution in [0.5, 0.6) is 5.75 Å². The lowest BCUT2D eigenvalue weighted by atomic mass is 10.0. The molecule has 0 heterocycles. The molecule has 1 aliphatic carbocycles. The van der Waals surface area contributed by atoms with Crippen LogP contribution in [0.1, 0.15) is 25.3 Å². The molecule has 0 spiro atoms. The molecule has 4 heteroatoms. The largest absolute Gasteiger partial charge is 0.490 e. The second-order valence-corrected chi connectivity index (χ2v) is 4.96. The highest BCUT2D eigenvalue weighted by Crippen LogP contribution is 2.30. The van der Waals surface area contributed by atoms with Gasteiger partial charge < -0.3 is 9.84 Å². The van der Waals surface area contributed by atoms with Gasteiger partial charge in [-0.1, -0.05) is 13.0 Å². The number of hydrogen-bond donors (Lipinski definition) is 1. The number of hydrogen-bond acceptors (Lipinski definition) is 2. The van der Waals surface area contributed by atoms with E-state index in [1.807, 2.05) is 0 Å². The highest BCUT2D eigenvalue weighted by Gasteiger charge is 2.22. The van der Waals surface area contributed by atoms with Crippen molar-refractivity contribution in [2.24, 2.45) is 11.8 Å². The quantitative estimate of drug-likeness (QED) is 0.846. The van der Waals surface area contributed by atoms with Crippen LogP contribution in [0.2, 0.25) is 0 Å². The van der Waals surface area contributed by atoms with E-state index in [2.05, 4.69) is 0 Å². The van der Waals surface area contributed by atoms with Crippen LogP contribution in [0, 0.1) is 17.7 Å². The van der Waals surface area contributed by atoms with Gasteiger partial charge in [-0.25, -0.2) is 4.39 Å². The third-order valence-electron chi connectivity index (χ3n) is 3.13. The number of carboxylic acids is 1. The Hall–Kier alpha value is -1.58. The third-order valence-corrected chi connectivity index (χ3v) is 3.13. The van der Waals surface area contributed by atoms with Crippen molar-refractivity contribution in [1.29, 1.82) is 0 Å². The molecule has 0 bridgehead atoms. The molecule has 0 aromatic heterocycles. The highest BCUT2D eigenvalue weighted by molar-refractivity contribution is 5.69. The van der Waals surface area contributed by atoms with E-state index < -0.39 is 17.7 Å². The summed E-state index contributed by atoms with van der Waals surface area (Å²) in [5.74, 6) is -0.956. The van der Waals surface area contributed by atoms with Crippen LogP contribution < -0.4 is 4.74 Å². The maximum absolute atomic E-state index is 13.7. The third kappa shape index (κ3) is 3.45. The first kappa shape index (κ1) is 12.9. The van der Waals surface area contributed by atoms with E-state index in [1.54, 1.807) is 19.1 Å². The lowest BCUT2D eigenvalue weighted by molar-refractivity contribution is -0.141. The number of carbonyl (C=O) groups is 1. The van der Waals surface area contributed by atoms with Crippen LogP contribution in [-0.4, -0.2) is 17.7 Å². The van der Waals surface area contributed by atoms with Crippen molar-refractivity contribution in [3.63, 3.8) is 0 Å². The van der Waals surface area contributed by atoms with Gasteiger partial charge in [-0.05, 0) is 42.9 Å². The van der Waals surface area contributed by atoms with E-state index in [1.165, 1.54) is 6.07 Å². The van der Waals surface area contributed by atoms with Gasteiger partial charge in [0.15, 0.2) is 11.6 Å². The molecule has 98 valence electrons. The summed E-state index contributed by atoms with van der Waals surface area (Å²) in [5.41, 5.74) is 0.682. The first-order valence-electron chi connectivity index (χ1n) is 6.20. The van der Waals surface area contributed by atoms with E-state index in [0.29, 0.717) is 24.5 Å². The predicted molar refractivity (Wildman–Crippen MR) is 65.1 cm³/mol. The van der Waals surface area contributed by atoms with Crippen LogP contribution in [-0.2, 0) is 11.2 Å². The monoisotopic (exact) mass is 252 g/mol. The van der Waals surface area contributed by atoms with Crippen LogP contribution in [0.25, 0.3) is 0 Å². The molecule has 1 aromatic carbocycles. The number of carboxylic acid groups (broad SMARTS) is 1. The van der Waals surface area contributed by atoms with E-state index in [0.717, 1.165) is 12.8 Å². The molecule has 0 radical (unpaired) electrons. The maximum atomic E-state index is 13.7. The number of rotatable bonds is 6. The summed E-state index contributed by atoms with van der Waals surface area (Å²) in [6.45, 7) is 2.18. The Morgan fingerprint density at radius 1 is 1.56 bits per heavy atom. The molecule has 1 N–H and O–H groups in total. The number of halogens is 1. The van der Waals surface area contributed by atoms with E-state index >= 15 is 0 Å². The van der Waals surface area contributed by atoms with Gasteiger partial charge in [0.2, 0.25) is 0 Å². The van der Waals surface area contributed by atoms with Gasteiger partial charge in [0, 0.05) is 0 Å². The van der Waals surface area contributed by atoms with E-state index in [4.69, 9.17) is 9.84 Å². The van der Waals surface area contributed by atoms with Crippen LogP contribution >= 0.6 is 0 Å². The Morgan fingerprint density at radius 2 is 2.28 bits per heavy atom. The normalized spacial score (nSPS) is 16.3. The van der Waals surface area contributed by atoms with Crippen molar-refractivity contribution in [1.82, 2.24) is 0 Å². The minimum atomic E-state index is -0.871. The molecule has 0 amide bonds. The smallest absolute Gasteiger partial charge is 0.306 e. The average Bonchev–Trinajstić information content (AvgIpc) is 3.11. The summed E-state index contributed by atoms with van der Waals surface area (Å²) in [6.07, 6.45) is 2.65. The molecule has 1 saturated carbocycles. The number of aliphatic carboxylic acids is 1. The lowest BCUT2D eigenvalue weighted by Gasteiger charge is -2.09. The molecular formula is C14H17FO3. The minimum absolute atomic E-state index is 0.258. The number of ether oxygens (including phenoxy) is 1. The number of benzene rings is 1. The van der Waals surface area contributed by atoms with Crippen molar-refractivity contribution in [2.45, 2.75) is 26.2 Å². The fraction of sp³-hybridized carbons (Fsp3) is 0.500. The van der Waals surface area contributed by atoms with Crippen molar-refractivity contribution < 1.29 is 19.0 Å². The molecule has 0 aliphatic heterocycles. The lowest BCUT2D eigenvalue weighted by Crippen LogP contribution is -2.12. The summed E-state index contributed by atoms with van der Waals surface area (Å²) >= 11 is 0. The van der Waals surface area contributed by atoms with Crippen molar-refractivity contribution in [2.75, 3.05) is 6.61 Å². The van der Waals surface area contributed by atoms with E-state index in [9.17, 15) is 9.18 Å². The Balaban J connectivity index is 1.97. The van der Waals surface area contributed by atoms with Crippen LogP contribution in [0.4, 0.5) is 4.39 Å². The minimum Gasteiger partial charge on any atom is -0.490 e. The topological polar surface area (TPSA) is 46.5 Å². The maximum Gasteiger partial charge on any atom is 0.306 e. The second kappa shape index (κ2) is 5.38. The SMILES string of the molecule is CC(Cc1ccc(OCC2CC2)c(F)c1)C(=O)O. The molecule has 1 aliphatic rings. The van der Waals surface area contributed by atoms with Crippen molar-refractivity contribution in [3.8, 4) is 5.75 Å². The highest BCUT2D eigenvalue weighted by atomic mass is 19.1. The van der Waals surface area contributed by atoms with E-state index in [-0.39, 0.29) is 5.75 Å². The molecule has 1 aromatic rings. The van der Waals surface area contributed by atoms with Crippen LogP contribution in [0.3, 0.4) is 0 Å². The fourth-order valence-electron chi connectivity index (χ4n) is 1.72. The predicted octanol–water partition coefficient (Wildman–Crippen LogP) is 2.88. The zero-order valence-corrected chi connectivity index (χ0v) is 10.4. The summed E-state index contributed by atoms with van der Waals surface area (Å²) < 4.78 is 19.1. The summed E-state index contributed by atoms with van der Waals surface area (Å²) in [6, 6.07) is 4.67. The average molecular weight is 252 g/mol. The molecule has 2 rings (SSSR count). The first-order valence-corrected chi connectivity index (χ1v) is 6.20. The molecule has 3 nitrogen and oxygen atoms in total. The van der Waals surface area contributed by atoms with Crippen molar-refractivity contribution >= 4 is 5.97 Å². The van der Waals surface area contributed by atoms with Gasteiger partial charge in [-0.15, -0.1) is 0 Å². The summed E-state index contributed by atoms with van der Waals surface area (Å²) in [5, 5.41) is 8.80. The van der Waals surface area contributed by atoms with Crippen LogP contribution in [0.15, 0.2) is 18.2 Å². The van der Waals surface area contributed by atoms with Gasteiger partial charge in [-0.2, -0.15) is 0 Å². The molecule has 18 heavy (non-hydrogen) atoms. The van der Waals surface area contributed by atoms with Gasteiger partial charge >= 0.3 is 5.97 Å². The second-order valence-electron chi connectivity index (χ2n) is 4.96. The first-order chi connectivity index (χ1) is 8.56. The standard InChI is InChI=1S/C14H17FO3/c1-9(14(16)17)6-11-4-5-13(12(15)7-11)18-8-10-2-3-10/h4-5,7,9-10H,2-3,6,8H2,1H3,(H,16,17). The Morgan fingerprint density at radius 3 is 2.83 bits per heavy atom. The van der Waals surface area contributed by atoms with Gasteiger partial charge in [0.05, 0.1) is 12.5 Å². The molecular weight excluding hydrogens is 235 g/mol. The summed E-state index contributed by atoms with van der Waals surface area (Å²) in [4.78, 5) is 10.7. The Labute approximate surface area is 106 Å². The summed E-state index contributed by atoms with van der Waals surface area (Å²) in [7, 11) is 0. The van der Waals surface area contributed by atoms with Gasteiger partial charge in [-0.3, -0.25) is 4.79 Å². The molecule has 1 atom stereocenters. The fourth-order valence-corrected chi connectivity index (χ4v) is 1.72. The molecule has 1 fully saturated rings. The van der Waals surface area contributed by atoms with Gasteiger partial charge in [0.25, 0.3) is 0 Å². The Bertz CT molecular complexity index is 441. The zero-order chi connectivity index (χ0) is 13.1. The Kier molecular flexibility index (Phi) is 3.84. The van der Waals surface area contributed by atoms with Gasteiger partial charge in [0.1, 0.15) is 0 Å².